The van der Waals surface area contributed by atoms with Crippen molar-refractivity contribution < 1.29 is 9.90 Å². The van der Waals surface area contributed by atoms with Crippen molar-refractivity contribution in [3.05, 3.63) is 51.2 Å². The van der Waals surface area contributed by atoms with Crippen LogP contribution in [0.1, 0.15) is 10.5 Å². The molecule has 1 heterocycles. The van der Waals surface area contributed by atoms with E-state index < -0.39 is 5.97 Å². The van der Waals surface area contributed by atoms with E-state index >= 15 is 0 Å². The molecular formula is C11H7Br2NO2. The molecule has 16 heavy (non-hydrogen) atoms. The molecule has 0 amide bonds. The molecule has 0 bridgehead atoms. The van der Waals surface area contributed by atoms with E-state index in [1.165, 1.54) is 0 Å². The Kier molecular flexibility index (Phi) is 3.16. The van der Waals surface area contributed by atoms with Crippen LogP contribution < -0.4 is 0 Å². The van der Waals surface area contributed by atoms with Crippen molar-refractivity contribution in [2.45, 2.75) is 0 Å². The lowest BCUT2D eigenvalue weighted by molar-refractivity contribution is 0.0688. The quantitative estimate of drug-likeness (QED) is 0.902. The van der Waals surface area contributed by atoms with Gasteiger partial charge in [0.2, 0.25) is 0 Å². The van der Waals surface area contributed by atoms with Gasteiger partial charge in [0, 0.05) is 20.8 Å². The average molecular weight is 345 g/mol. The van der Waals surface area contributed by atoms with E-state index in [2.05, 4.69) is 31.9 Å². The standard InChI is InChI=1S/C11H7Br2NO2/c12-7-1-3-9(4-2-7)14-6-8(13)5-10(14)11(15)16/h1-6H,(H,15,16). The first-order valence-electron chi connectivity index (χ1n) is 4.45. The molecule has 82 valence electrons. The maximum atomic E-state index is 11.0. The zero-order valence-electron chi connectivity index (χ0n) is 8.02. The number of rotatable bonds is 2. The Morgan fingerprint density at radius 2 is 1.75 bits per heavy atom. The fourth-order valence-corrected chi connectivity index (χ4v) is 2.10. The second kappa shape index (κ2) is 4.43. The molecule has 0 atom stereocenters. The number of halogens is 2. The molecule has 1 aromatic carbocycles. The lowest BCUT2D eigenvalue weighted by Crippen LogP contribution is -2.05. The van der Waals surface area contributed by atoms with E-state index in [0.717, 1.165) is 14.6 Å². The molecule has 1 N–H and O–H groups in total. The maximum Gasteiger partial charge on any atom is 0.352 e. The first-order valence-corrected chi connectivity index (χ1v) is 6.03. The number of benzene rings is 1. The first-order chi connectivity index (χ1) is 7.58. The highest BCUT2D eigenvalue weighted by atomic mass is 79.9. The number of nitrogens with zero attached hydrogens (tertiary/aromatic N) is 1. The zero-order valence-corrected chi connectivity index (χ0v) is 11.2. The zero-order chi connectivity index (χ0) is 11.7. The molecular weight excluding hydrogens is 338 g/mol. The van der Waals surface area contributed by atoms with Crippen molar-refractivity contribution in [3.63, 3.8) is 0 Å². The molecule has 0 aliphatic rings. The van der Waals surface area contributed by atoms with Crippen LogP contribution in [-0.4, -0.2) is 15.6 Å². The lowest BCUT2D eigenvalue weighted by Gasteiger charge is -2.05. The monoisotopic (exact) mass is 343 g/mol. The van der Waals surface area contributed by atoms with Crippen LogP contribution in [0.5, 0.6) is 0 Å². The Hall–Kier alpha value is -1.07. The fraction of sp³-hybridized carbons (Fsp3) is 0. The predicted molar refractivity (Wildman–Crippen MR) is 68.1 cm³/mol. The minimum absolute atomic E-state index is 0.231. The molecule has 5 heteroatoms. The topological polar surface area (TPSA) is 42.2 Å². The normalized spacial score (nSPS) is 10.4. The number of hydrogen-bond donors (Lipinski definition) is 1. The average Bonchev–Trinajstić information content (AvgIpc) is 2.61. The molecule has 2 aromatic rings. The lowest BCUT2D eigenvalue weighted by atomic mass is 10.3. The fourth-order valence-electron chi connectivity index (χ4n) is 1.41. The van der Waals surface area contributed by atoms with Crippen LogP contribution in [0.3, 0.4) is 0 Å². The predicted octanol–water partition coefficient (Wildman–Crippen LogP) is 3.70. The smallest absolute Gasteiger partial charge is 0.352 e. The summed E-state index contributed by atoms with van der Waals surface area (Å²) < 4.78 is 3.32. The highest BCUT2D eigenvalue weighted by Gasteiger charge is 2.12. The number of carboxylic acids is 1. The second-order valence-corrected chi connectivity index (χ2v) is 5.03. The van der Waals surface area contributed by atoms with Gasteiger partial charge >= 0.3 is 5.97 Å². The van der Waals surface area contributed by atoms with Gasteiger partial charge in [-0.2, -0.15) is 0 Å². The summed E-state index contributed by atoms with van der Waals surface area (Å²) in [6.45, 7) is 0. The number of aromatic carboxylic acids is 1. The first kappa shape index (κ1) is 11.4. The highest BCUT2D eigenvalue weighted by Crippen LogP contribution is 2.21. The summed E-state index contributed by atoms with van der Waals surface area (Å²) in [5.41, 5.74) is 1.04. The van der Waals surface area contributed by atoms with Gasteiger partial charge in [-0.25, -0.2) is 4.79 Å². The summed E-state index contributed by atoms with van der Waals surface area (Å²) in [5.74, 6) is -0.950. The van der Waals surface area contributed by atoms with Crippen LogP contribution in [-0.2, 0) is 0 Å². The molecule has 1 aromatic heterocycles. The molecule has 3 nitrogen and oxygen atoms in total. The summed E-state index contributed by atoms with van der Waals surface area (Å²) >= 11 is 6.61. The summed E-state index contributed by atoms with van der Waals surface area (Å²) in [7, 11) is 0. The molecule has 0 aliphatic heterocycles. The minimum Gasteiger partial charge on any atom is -0.477 e. The Morgan fingerprint density at radius 1 is 1.12 bits per heavy atom. The van der Waals surface area contributed by atoms with E-state index in [9.17, 15) is 4.79 Å². The highest BCUT2D eigenvalue weighted by molar-refractivity contribution is 9.10. The van der Waals surface area contributed by atoms with Crippen LogP contribution >= 0.6 is 31.9 Å². The van der Waals surface area contributed by atoms with Crippen LogP contribution in [0.4, 0.5) is 0 Å². The van der Waals surface area contributed by atoms with Crippen molar-refractivity contribution in [1.29, 1.82) is 0 Å². The molecule has 0 saturated carbocycles. The summed E-state index contributed by atoms with van der Waals surface area (Å²) in [5, 5.41) is 9.04. The van der Waals surface area contributed by atoms with Crippen LogP contribution in [0.15, 0.2) is 45.5 Å². The van der Waals surface area contributed by atoms with E-state index in [1.54, 1.807) is 16.8 Å². The summed E-state index contributed by atoms with van der Waals surface area (Å²) in [6, 6.07) is 9.01. The SMILES string of the molecule is O=C(O)c1cc(Br)cn1-c1ccc(Br)cc1. The molecule has 0 unspecified atom stereocenters. The van der Waals surface area contributed by atoms with E-state index in [0.29, 0.717) is 0 Å². The molecule has 0 aliphatic carbocycles. The van der Waals surface area contributed by atoms with Gasteiger partial charge in [-0.05, 0) is 46.3 Å². The number of carbonyl (C=O) groups is 1. The van der Waals surface area contributed by atoms with Crippen molar-refractivity contribution in [2.75, 3.05) is 0 Å². The van der Waals surface area contributed by atoms with Crippen molar-refractivity contribution in [1.82, 2.24) is 4.57 Å². The van der Waals surface area contributed by atoms with E-state index in [1.807, 2.05) is 24.3 Å². The molecule has 0 fully saturated rings. The van der Waals surface area contributed by atoms with Gasteiger partial charge in [0.1, 0.15) is 5.69 Å². The van der Waals surface area contributed by atoms with Gasteiger partial charge in [-0.3, -0.25) is 0 Å². The Morgan fingerprint density at radius 3 is 2.31 bits per heavy atom. The Balaban J connectivity index is 2.55. The van der Waals surface area contributed by atoms with Crippen LogP contribution in [0.25, 0.3) is 5.69 Å². The third kappa shape index (κ3) is 2.20. The summed E-state index contributed by atoms with van der Waals surface area (Å²) in [4.78, 5) is 11.0. The van der Waals surface area contributed by atoms with Crippen LogP contribution in [0.2, 0.25) is 0 Å². The van der Waals surface area contributed by atoms with Gasteiger partial charge in [-0.1, -0.05) is 15.9 Å². The minimum atomic E-state index is -0.950. The van der Waals surface area contributed by atoms with Crippen molar-refractivity contribution >= 4 is 37.8 Å². The number of carboxylic acid groups (broad SMARTS) is 1. The van der Waals surface area contributed by atoms with Gasteiger partial charge in [0.25, 0.3) is 0 Å². The Bertz CT molecular complexity index is 531. The summed E-state index contributed by atoms with van der Waals surface area (Å²) in [6.07, 6.45) is 1.73. The second-order valence-electron chi connectivity index (χ2n) is 3.20. The Labute approximate surface area is 109 Å². The molecule has 0 saturated heterocycles. The third-order valence-corrected chi connectivity index (χ3v) is 3.07. The largest absolute Gasteiger partial charge is 0.477 e. The molecule has 2 rings (SSSR count). The number of hydrogen-bond acceptors (Lipinski definition) is 1. The van der Waals surface area contributed by atoms with Crippen LogP contribution in [0, 0.1) is 0 Å². The van der Waals surface area contributed by atoms with Gasteiger partial charge < -0.3 is 9.67 Å². The van der Waals surface area contributed by atoms with E-state index in [-0.39, 0.29) is 5.69 Å². The number of aromatic nitrogens is 1. The third-order valence-electron chi connectivity index (χ3n) is 2.11. The molecule has 0 radical (unpaired) electrons. The van der Waals surface area contributed by atoms with Gasteiger partial charge in [0.05, 0.1) is 0 Å². The van der Waals surface area contributed by atoms with Crippen molar-refractivity contribution in [3.8, 4) is 5.69 Å². The van der Waals surface area contributed by atoms with E-state index in [4.69, 9.17) is 5.11 Å². The van der Waals surface area contributed by atoms with Gasteiger partial charge in [0.15, 0.2) is 0 Å². The molecule has 0 spiro atoms. The van der Waals surface area contributed by atoms with Gasteiger partial charge in [-0.15, -0.1) is 0 Å². The van der Waals surface area contributed by atoms with Crippen molar-refractivity contribution in [2.24, 2.45) is 0 Å². The maximum absolute atomic E-state index is 11.0.